The third-order valence-electron chi connectivity index (χ3n) is 3.68. The van der Waals surface area contributed by atoms with Crippen molar-refractivity contribution in [1.82, 2.24) is 5.32 Å². The van der Waals surface area contributed by atoms with E-state index < -0.39 is 0 Å². The summed E-state index contributed by atoms with van der Waals surface area (Å²) in [6.07, 6.45) is 2.85. The number of ether oxygens (including phenoxy) is 2. The highest BCUT2D eigenvalue weighted by Crippen LogP contribution is 2.25. The first kappa shape index (κ1) is 14.7. The van der Waals surface area contributed by atoms with Gasteiger partial charge >= 0.3 is 0 Å². The summed E-state index contributed by atoms with van der Waals surface area (Å²) in [4.78, 5) is 12.3. The topological polar surface area (TPSA) is 67.8 Å². The van der Waals surface area contributed by atoms with Crippen molar-refractivity contribution in [2.75, 3.05) is 14.2 Å². The summed E-state index contributed by atoms with van der Waals surface area (Å²) in [5, 5.41) is 12.5. The van der Waals surface area contributed by atoms with Gasteiger partial charge in [-0.05, 0) is 43.9 Å². The molecule has 0 atom stereocenters. The predicted molar refractivity (Wildman–Crippen MR) is 75.3 cm³/mol. The number of carbonyl (C=O) groups is 1. The highest BCUT2D eigenvalue weighted by molar-refractivity contribution is 5.97. The molecule has 1 aromatic rings. The van der Waals surface area contributed by atoms with Crippen LogP contribution in [0.4, 0.5) is 0 Å². The first-order valence-electron chi connectivity index (χ1n) is 6.85. The predicted octanol–water partition coefficient (Wildman–Crippen LogP) is 1.74. The lowest BCUT2D eigenvalue weighted by molar-refractivity contribution is 0.0864. The van der Waals surface area contributed by atoms with Crippen molar-refractivity contribution in [2.24, 2.45) is 0 Å². The molecular formula is C15H21NO4. The second-order valence-electron chi connectivity index (χ2n) is 5.05. The van der Waals surface area contributed by atoms with Crippen LogP contribution in [-0.4, -0.2) is 37.4 Å². The molecule has 2 N–H and O–H groups in total. The van der Waals surface area contributed by atoms with Gasteiger partial charge in [-0.2, -0.15) is 0 Å². The van der Waals surface area contributed by atoms with Crippen LogP contribution in [0, 0.1) is 0 Å². The van der Waals surface area contributed by atoms with Gasteiger partial charge in [0.1, 0.15) is 11.5 Å². The largest absolute Gasteiger partial charge is 0.497 e. The van der Waals surface area contributed by atoms with Crippen molar-refractivity contribution in [3.8, 4) is 11.5 Å². The van der Waals surface area contributed by atoms with Gasteiger partial charge in [0.2, 0.25) is 0 Å². The standard InChI is InChI=1S/C15H21NO4/c1-19-12-7-8-14(20-2)13(9-12)15(18)16-10-3-5-11(17)6-4-10/h7-11,17H,3-6H2,1-2H3,(H,16,18). The lowest BCUT2D eigenvalue weighted by Crippen LogP contribution is -2.38. The number of methoxy groups -OCH3 is 2. The number of benzene rings is 1. The quantitative estimate of drug-likeness (QED) is 0.881. The Morgan fingerprint density at radius 3 is 2.50 bits per heavy atom. The van der Waals surface area contributed by atoms with Crippen LogP contribution in [0.15, 0.2) is 18.2 Å². The minimum Gasteiger partial charge on any atom is -0.497 e. The lowest BCUT2D eigenvalue weighted by atomic mass is 9.93. The monoisotopic (exact) mass is 279 g/mol. The average Bonchev–Trinajstić information content (AvgIpc) is 2.48. The van der Waals surface area contributed by atoms with Crippen LogP contribution < -0.4 is 14.8 Å². The molecule has 20 heavy (non-hydrogen) atoms. The maximum Gasteiger partial charge on any atom is 0.255 e. The van der Waals surface area contributed by atoms with Crippen molar-refractivity contribution < 1.29 is 19.4 Å². The molecule has 0 aliphatic heterocycles. The van der Waals surface area contributed by atoms with E-state index in [0.29, 0.717) is 17.1 Å². The Kier molecular flexibility index (Phi) is 4.84. The van der Waals surface area contributed by atoms with Crippen molar-refractivity contribution in [1.29, 1.82) is 0 Å². The number of amides is 1. The van der Waals surface area contributed by atoms with E-state index in [4.69, 9.17) is 9.47 Å². The molecular weight excluding hydrogens is 258 g/mol. The maximum absolute atomic E-state index is 12.3. The summed E-state index contributed by atoms with van der Waals surface area (Å²) >= 11 is 0. The zero-order chi connectivity index (χ0) is 14.5. The van der Waals surface area contributed by atoms with Crippen LogP contribution in [0.3, 0.4) is 0 Å². The van der Waals surface area contributed by atoms with E-state index in [1.807, 2.05) is 0 Å². The van der Waals surface area contributed by atoms with Crippen LogP contribution in [0.5, 0.6) is 11.5 Å². The molecule has 1 aliphatic rings. The van der Waals surface area contributed by atoms with Gasteiger partial charge < -0.3 is 19.9 Å². The normalized spacial score (nSPS) is 22.1. The van der Waals surface area contributed by atoms with Crippen LogP contribution in [0.1, 0.15) is 36.0 Å². The summed E-state index contributed by atoms with van der Waals surface area (Å²) in [7, 11) is 3.10. The van der Waals surface area contributed by atoms with Crippen LogP contribution >= 0.6 is 0 Å². The molecule has 5 nitrogen and oxygen atoms in total. The zero-order valence-corrected chi connectivity index (χ0v) is 11.9. The lowest BCUT2D eigenvalue weighted by Gasteiger charge is -2.26. The van der Waals surface area contributed by atoms with Crippen LogP contribution in [0.25, 0.3) is 0 Å². The summed E-state index contributed by atoms with van der Waals surface area (Å²) in [5.74, 6) is 0.983. The van der Waals surface area contributed by atoms with Gasteiger partial charge in [-0.3, -0.25) is 4.79 Å². The van der Waals surface area contributed by atoms with Crippen molar-refractivity contribution in [2.45, 2.75) is 37.8 Å². The molecule has 0 unspecified atom stereocenters. The third kappa shape index (κ3) is 3.42. The molecule has 0 spiro atoms. The van der Waals surface area contributed by atoms with Crippen LogP contribution in [-0.2, 0) is 0 Å². The summed E-state index contributed by atoms with van der Waals surface area (Å²) < 4.78 is 10.4. The molecule has 2 rings (SSSR count). The molecule has 5 heteroatoms. The molecule has 0 radical (unpaired) electrons. The fraction of sp³-hybridized carbons (Fsp3) is 0.533. The Bertz CT molecular complexity index is 467. The molecule has 110 valence electrons. The highest BCUT2D eigenvalue weighted by atomic mass is 16.5. The number of carbonyl (C=O) groups excluding carboxylic acids is 1. The number of aliphatic hydroxyl groups excluding tert-OH is 1. The smallest absolute Gasteiger partial charge is 0.255 e. The number of nitrogens with one attached hydrogen (secondary N) is 1. The van der Waals surface area contributed by atoms with Crippen molar-refractivity contribution in [3.63, 3.8) is 0 Å². The van der Waals surface area contributed by atoms with Gasteiger partial charge in [0.05, 0.1) is 25.9 Å². The van der Waals surface area contributed by atoms with E-state index in [1.54, 1.807) is 25.3 Å². The fourth-order valence-electron chi connectivity index (χ4n) is 2.47. The Labute approximate surface area is 118 Å². The molecule has 1 saturated carbocycles. The van der Waals surface area contributed by atoms with Gasteiger partial charge in [0.25, 0.3) is 5.91 Å². The summed E-state index contributed by atoms with van der Waals surface area (Å²) in [6.45, 7) is 0. The number of aliphatic hydroxyl groups is 1. The second-order valence-corrected chi connectivity index (χ2v) is 5.05. The molecule has 0 aromatic heterocycles. The van der Waals surface area contributed by atoms with E-state index in [9.17, 15) is 9.90 Å². The number of hydrogen-bond acceptors (Lipinski definition) is 4. The van der Waals surface area contributed by atoms with E-state index in [-0.39, 0.29) is 18.1 Å². The zero-order valence-electron chi connectivity index (χ0n) is 11.9. The van der Waals surface area contributed by atoms with E-state index in [1.165, 1.54) is 7.11 Å². The second kappa shape index (κ2) is 6.61. The Balaban J connectivity index is 2.08. The minimum absolute atomic E-state index is 0.113. The van der Waals surface area contributed by atoms with Gasteiger partial charge in [0.15, 0.2) is 0 Å². The SMILES string of the molecule is COc1ccc(OC)c(C(=O)NC2CCC(O)CC2)c1. The summed E-state index contributed by atoms with van der Waals surface area (Å²) in [5.41, 5.74) is 0.470. The number of rotatable bonds is 4. The van der Waals surface area contributed by atoms with Gasteiger partial charge in [-0.25, -0.2) is 0 Å². The molecule has 1 aliphatic carbocycles. The molecule has 0 bridgehead atoms. The maximum atomic E-state index is 12.3. The first-order valence-corrected chi connectivity index (χ1v) is 6.85. The molecule has 1 aromatic carbocycles. The number of hydrogen-bond donors (Lipinski definition) is 2. The Morgan fingerprint density at radius 2 is 1.90 bits per heavy atom. The summed E-state index contributed by atoms with van der Waals surface area (Å²) in [6, 6.07) is 5.26. The Morgan fingerprint density at radius 1 is 1.20 bits per heavy atom. The van der Waals surface area contributed by atoms with E-state index in [0.717, 1.165) is 25.7 Å². The van der Waals surface area contributed by atoms with Gasteiger partial charge in [-0.1, -0.05) is 0 Å². The minimum atomic E-state index is -0.227. The molecule has 1 amide bonds. The Hall–Kier alpha value is -1.75. The van der Waals surface area contributed by atoms with Crippen molar-refractivity contribution in [3.05, 3.63) is 23.8 Å². The van der Waals surface area contributed by atoms with E-state index in [2.05, 4.69) is 5.32 Å². The van der Waals surface area contributed by atoms with Crippen LogP contribution in [0.2, 0.25) is 0 Å². The molecule has 0 heterocycles. The van der Waals surface area contributed by atoms with E-state index >= 15 is 0 Å². The average molecular weight is 279 g/mol. The van der Waals surface area contributed by atoms with Crippen molar-refractivity contribution >= 4 is 5.91 Å². The third-order valence-corrected chi connectivity index (χ3v) is 3.68. The highest BCUT2D eigenvalue weighted by Gasteiger charge is 2.22. The molecule has 1 fully saturated rings. The fourth-order valence-corrected chi connectivity index (χ4v) is 2.47. The van der Waals surface area contributed by atoms with Gasteiger partial charge in [0, 0.05) is 6.04 Å². The van der Waals surface area contributed by atoms with Gasteiger partial charge in [-0.15, -0.1) is 0 Å². The molecule has 0 saturated heterocycles. The first-order chi connectivity index (χ1) is 9.63.